The van der Waals surface area contributed by atoms with Crippen molar-refractivity contribution in [2.75, 3.05) is 40.9 Å². The number of amides is 1. The zero-order valence-corrected chi connectivity index (χ0v) is 27.5. The summed E-state index contributed by atoms with van der Waals surface area (Å²) < 4.78 is 23.2. The molecule has 40 heavy (non-hydrogen) atoms. The molecule has 0 radical (unpaired) electrons. The first kappa shape index (κ1) is 39.2. The third-order valence-corrected chi connectivity index (χ3v) is 8.00. The average Bonchev–Trinajstić information content (AvgIpc) is 2.88. The molecule has 0 fully saturated rings. The second kappa shape index (κ2) is 24.8. The van der Waals surface area contributed by atoms with Gasteiger partial charge < -0.3 is 19.8 Å². The molecule has 0 aliphatic rings. The SMILES string of the molecule is CCCCCCC/C=C\CCCCCCCC(=O)NC(COP(=O)(O)OCC[N+](C)(C)C)C(O)CCCCCC. The number of aliphatic hydroxyl groups is 1. The molecule has 0 aromatic heterocycles. The van der Waals surface area contributed by atoms with Crippen LogP contribution in [0.3, 0.4) is 0 Å². The molecule has 3 unspecified atom stereocenters. The highest BCUT2D eigenvalue weighted by atomic mass is 31.2. The van der Waals surface area contributed by atoms with Crippen LogP contribution in [0.25, 0.3) is 0 Å². The van der Waals surface area contributed by atoms with Gasteiger partial charge in [-0.05, 0) is 38.5 Å². The zero-order chi connectivity index (χ0) is 30.1. The van der Waals surface area contributed by atoms with E-state index in [1.807, 2.05) is 21.1 Å². The Morgan fingerprint density at radius 3 is 1.93 bits per heavy atom. The van der Waals surface area contributed by atoms with Gasteiger partial charge in [0.1, 0.15) is 13.2 Å². The predicted molar refractivity (Wildman–Crippen MR) is 166 cm³/mol. The van der Waals surface area contributed by atoms with E-state index in [1.54, 1.807) is 0 Å². The van der Waals surface area contributed by atoms with Crippen molar-refractivity contribution in [3.8, 4) is 0 Å². The first-order valence-corrected chi connectivity index (χ1v) is 17.5. The van der Waals surface area contributed by atoms with Gasteiger partial charge in [0.15, 0.2) is 0 Å². The molecule has 3 atom stereocenters. The minimum absolute atomic E-state index is 0.0727. The highest BCUT2D eigenvalue weighted by Crippen LogP contribution is 2.43. The molecule has 0 aliphatic heterocycles. The van der Waals surface area contributed by atoms with Crippen LogP contribution in [-0.4, -0.2) is 73.4 Å². The van der Waals surface area contributed by atoms with Gasteiger partial charge in [0, 0.05) is 6.42 Å². The van der Waals surface area contributed by atoms with E-state index < -0.39 is 20.0 Å². The van der Waals surface area contributed by atoms with E-state index in [4.69, 9.17) is 9.05 Å². The lowest BCUT2D eigenvalue weighted by Gasteiger charge is -2.26. The molecule has 0 spiro atoms. The third-order valence-electron chi connectivity index (χ3n) is 7.01. The molecule has 238 valence electrons. The Morgan fingerprint density at radius 2 is 1.35 bits per heavy atom. The number of carbonyl (C=O) groups is 1. The van der Waals surface area contributed by atoms with Crippen LogP contribution in [0.4, 0.5) is 0 Å². The Kier molecular flexibility index (Phi) is 24.3. The van der Waals surface area contributed by atoms with Gasteiger partial charge in [-0.25, -0.2) is 4.57 Å². The van der Waals surface area contributed by atoms with Gasteiger partial charge in [-0.3, -0.25) is 13.8 Å². The Labute approximate surface area is 246 Å². The van der Waals surface area contributed by atoms with Crippen molar-refractivity contribution >= 4 is 13.7 Å². The van der Waals surface area contributed by atoms with Gasteiger partial charge in [-0.1, -0.05) is 96.6 Å². The van der Waals surface area contributed by atoms with E-state index in [1.165, 1.54) is 44.9 Å². The Hall–Kier alpha value is -0.760. The summed E-state index contributed by atoms with van der Waals surface area (Å²) in [5, 5.41) is 13.6. The smallest absolute Gasteiger partial charge is 0.391 e. The van der Waals surface area contributed by atoms with Crippen molar-refractivity contribution in [3.05, 3.63) is 12.2 Å². The summed E-state index contributed by atoms with van der Waals surface area (Å²) >= 11 is 0. The fraction of sp³-hybridized carbons (Fsp3) is 0.903. The number of likely N-dealkylation sites (N-methyl/N-ethyl adjacent to an activating group) is 1. The van der Waals surface area contributed by atoms with E-state index in [9.17, 15) is 19.4 Å². The molecule has 0 saturated carbocycles. The first-order chi connectivity index (χ1) is 19.0. The minimum atomic E-state index is -4.28. The van der Waals surface area contributed by atoms with E-state index in [0.717, 1.165) is 57.8 Å². The number of quaternary nitrogens is 1. The van der Waals surface area contributed by atoms with E-state index in [-0.39, 0.29) is 19.1 Å². The number of hydrogen-bond acceptors (Lipinski definition) is 5. The fourth-order valence-electron chi connectivity index (χ4n) is 4.33. The van der Waals surface area contributed by atoms with Crippen molar-refractivity contribution in [2.24, 2.45) is 0 Å². The van der Waals surface area contributed by atoms with Crippen LogP contribution in [-0.2, 0) is 18.4 Å². The molecule has 1 amide bonds. The molecule has 0 aromatic carbocycles. The fourth-order valence-corrected chi connectivity index (χ4v) is 5.07. The second-order valence-electron chi connectivity index (χ2n) is 12.2. The highest BCUT2D eigenvalue weighted by molar-refractivity contribution is 7.47. The lowest BCUT2D eigenvalue weighted by molar-refractivity contribution is -0.870. The van der Waals surface area contributed by atoms with Crippen molar-refractivity contribution in [3.63, 3.8) is 0 Å². The zero-order valence-electron chi connectivity index (χ0n) is 26.6. The van der Waals surface area contributed by atoms with Gasteiger partial charge in [-0.15, -0.1) is 0 Å². The Morgan fingerprint density at radius 1 is 0.825 bits per heavy atom. The molecule has 0 saturated heterocycles. The maximum atomic E-state index is 12.6. The lowest BCUT2D eigenvalue weighted by atomic mass is 10.0. The van der Waals surface area contributed by atoms with Gasteiger partial charge >= 0.3 is 7.82 Å². The number of unbranched alkanes of at least 4 members (excludes halogenated alkanes) is 13. The number of phosphoric acid groups is 1. The van der Waals surface area contributed by atoms with Crippen molar-refractivity contribution in [1.82, 2.24) is 5.32 Å². The minimum Gasteiger partial charge on any atom is -0.391 e. The monoisotopic (exact) mass is 591 g/mol. The average molecular weight is 592 g/mol. The molecular weight excluding hydrogens is 527 g/mol. The van der Waals surface area contributed by atoms with Gasteiger partial charge in [0.2, 0.25) is 5.91 Å². The summed E-state index contributed by atoms with van der Waals surface area (Å²) in [6.07, 6.45) is 22.8. The summed E-state index contributed by atoms with van der Waals surface area (Å²) in [5.74, 6) is -0.165. The normalized spacial score (nSPS) is 15.3. The maximum absolute atomic E-state index is 12.6. The van der Waals surface area contributed by atoms with Crippen LogP contribution < -0.4 is 5.32 Å². The molecule has 3 N–H and O–H groups in total. The number of allylic oxidation sites excluding steroid dienone is 2. The topological polar surface area (TPSA) is 105 Å². The predicted octanol–water partition coefficient (Wildman–Crippen LogP) is 7.29. The highest BCUT2D eigenvalue weighted by Gasteiger charge is 2.28. The van der Waals surface area contributed by atoms with Gasteiger partial charge in [0.25, 0.3) is 0 Å². The largest absolute Gasteiger partial charge is 0.472 e. The summed E-state index contributed by atoms with van der Waals surface area (Å²) in [6, 6.07) is -0.755. The van der Waals surface area contributed by atoms with E-state index in [0.29, 0.717) is 23.9 Å². The first-order valence-electron chi connectivity index (χ1n) is 16.1. The molecule has 9 heteroatoms. The Balaban J connectivity index is 4.35. The second-order valence-corrected chi connectivity index (χ2v) is 13.6. The standard InChI is InChI=1S/C31H63N2O6P/c1-6-8-10-12-13-14-15-16-17-18-19-20-21-23-25-31(35)32-29(30(34)24-22-11-9-7-2)28-39-40(36,37)38-27-26-33(3,4)5/h15-16,29-30,34H,6-14,17-28H2,1-5H3,(H-,32,35,36,37)/p+1/b16-15-. The van der Waals surface area contributed by atoms with Crippen molar-refractivity contribution in [2.45, 2.75) is 142 Å². The van der Waals surface area contributed by atoms with Crippen molar-refractivity contribution in [1.29, 1.82) is 0 Å². The third kappa shape index (κ3) is 26.2. The molecular formula is C31H64N2O6P+. The van der Waals surface area contributed by atoms with Crippen molar-refractivity contribution < 1.29 is 32.9 Å². The number of nitrogens with zero attached hydrogens (tertiary/aromatic N) is 1. The number of carbonyl (C=O) groups excluding carboxylic acids is 1. The molecule has 8 nitrogen and oxygen atoms in total. The molecule has 0 aromatic rings. The number of phosphoric ester groups is 1. The molecule has 0 rings (SSSR count). The number of rotatable bonds is 28. The van der Waals surface area contributed by atoms with E-state index in [2.05, 4.69) is 31.3 Å². The number of aliphatic hydroxyl groups excluding tert-OH is 1. The van der Waals surface area contributed by atoms with Crippen LogP contribution in [0.1, 0.15) is 129 Å². The van der Waals surface area contributed by atoms with Gasteiger partial charge in [-0.2, -0.15) is 0 Å². The summed E-state index contributed by atoms with van der Waals surface area (Å²) in [6.45, 7) is 4.71. The summed E-state index contributed by atoms with van der Waals surface area (Å²) in [5.41, 5.74) is 0. The van der Waals surface area contributed by atoms with Crippen LogP contribution in [0.5, 0.6) is 0 Å². The van der Waals surface area contributed by atoms with Gasteiger partial charge in [0.05, 0.1) is 39.9 Å². The molecule has 0 bridgehead atoms. The van der Waals surface area contributed by atoms with Crippen LogP contribution in [0.15, 0.2) is 12.2 Å². The summed E-state index contributed by atoms with van der Waals surface area (Å²) in [7, 11) is 1.60. The Bertz CT molecular complexity index is 683. The van der Waals surface area contributed by atoms with Crippen LogP contribution >= 0.6 is 7.82 Å². The number of nitrogens with one attached hydrogen (secondary N) is 1. The maximum Gasteiger partial charge on any atom is 0.472 e. The number of hydrogen-bond donors (Lipinski definition) is 3. The molecule has 0 heterocycles. The van der Waals surface area contributed by atoms with Crippen LogP contribution in [0, 0.1) is 0 Å². The molecule has 0 aliphatic carbocycles. The summed E-state index contributed by atoms with van der Waals surface area (Å²) in [4.78, 5) is 22.7. The lowest BCUT2D eigenvalue weighted by Crippen LogP contribution is -2.46. The quantitative estimate of drug-likeness (QED) is 0.0382. The van der Waals surface area contributed by atoms with E-state index >= 15 is 0 Å². The van der Waals surface area contributed by atoms with Crippen LogP contribution in [0.2, 0.25) is 0 Å².